The standard InChI is InChI=1S/C18H16N4O5S/c1-26-11-6-4-10(5-7-11)12(23)9-28-18-21-15(19)14(17(25)22-18)20-16(24)13-3-2-8-27-13/h2-8H,9H2,1H3,(H,20,24)(H3,19,21,22,25). The Bertz CT molecular complexity index is 1040. The SMILES string of the molecule is COc1ccc(C(=O)CSc2nc(N)c(NC(=O)c3ccco3)c(=O)[nH]2)cc1. The van der Waals surface area contributed by atoms with Crippen LogP contribution >= 0.6 is 11.8 Å². The Kier molecular flexibility index (Phi) is 5.80. The van der Waals surface area contributed by atoms with E-state index in [0.29, 0.717) is 11.3 Å². The lowest BCUT2D eigenvalue weighted by Crippen LogP contribution is -2.23. The number of nitrogen functional groups attached to an aromatic ring is 1. The maximum atomic E-state index is 12.3. The Balaban J connectivity index is 1.67. The van der Waals surface area contributed by atoms with Crippen LogP contribution in [0.4, 0.5) is 11.5 Å². The van der Waals surface area contributed by atoms with Gasteiger partial charge in [0.25, 0.3) is 11.5 Å². The average molecular weight is 400 g/mol. The number of thioether (sulfide) groups is 1. The van der Waals surface area contributed by atoms with E-state index in [0.717, 1.165) is 11.8 Å². The molecule has 1 amide bonds. The number of nitrogens with zero attached hydrogens (tertiary/aromatic N) is 1. The minimum atomic E-state index is -0.633. The number of rotatable bonds is 7. The van der Waals surface area contributed by atoms with Gasteiger partial charge in [-0.15, -0.1) is 0 Å². The van der Waals surface area contributed by atoms with Crippen LogP contribution in [0.15, 0.2) is 57.0 Å². The molecule has 9 nitrogen and oxygen atoms in total. The van der Waals surface area contributed by atoms with Gasteiger partial charge < -0.3 is 20.2 Å². The monoisotopic (exact) mass is 400 g/mol. The number of ether oxygens (including phenoxy) is 1. The fraction of sp³-hybridized carbons (Fsp3) is 0.111. The Labute approximate surface area is 163 Å². The lowest BCUT2D eigenvalue weighted by Gasteiger charge is -2.07. The van der Waals surface area contributed by atoms with E-state index in [4.69, 9.17) is 14.9 Å². The molecule has 0 unspecified atom stereocenters. The molecule has 2 aromatic heterocycles. The fourth-order valence-corrected chi connectivity index (χ4v) is 3.00. The van der Waals surface area contributed by atoms with Crippen LogP contribution in [-0.4, -0.2) is 34.5 Å². The van der Waals surface area contributed by atoms with Crippen LogP contribution < -0.4 is 21.3 Å². The predicted molar refractivity (Wildman–Crippen MR) is 104 cm³/mol. The zero-order valence-corrected chi connectivity index (χ0v) is 15.5. The first-order valence-corrected chi connectivity index (χ1v) is 9.01. The highest BCUT2D eigenvalue weighted by Gasteiger charge is 2.16. The molecule has 2 heterocycles. The minimum absolute atomic E-state index is 0.0299. The number of aromatic nitrogens is 2. The number of carbonyl (C=O) groups is 2. The van der Waals surface area contributed by atoms with Crippen molar-refractivity contribution in [2.24, 2.45) is 0 Å². The zero-order valence-electron chi connectivity index (χ0n) is 14.7. The molecule has 0 atom stereocenters. The first kappa shape index (κ1) is 19.2. The third-order valence-electron chi connectivity index (χ3n) is 3.66. The number of Topliss-reactive ketones (excluding diaryl/α,β-unsaturated/α-hetero) is 1. The number of H-pyrrole nitrogens is 1. The first-order chi connectivity index (χ1) is 13.5. The predicted octanol–water partition coefficient (Wildman–Crippen LogP) is 2.18. The quantitative estimate of drug-likeness (QED) is 0.311. The third-order valence-corrected chi connectivity index (χ3v) is 4.53. The number of hydrogen-bond donors (Lipinski definition) is 3. The lowest BCUT2D eigenvalue weighted by molar-refractivity contribution is 0.0994. The molecule has 0 saturated heterocycles. The molecular weight excluding hydrogens is 384 g/mol. The normalized spacial score (nSPS) is 10.5. The average Bonchev–Trinajstić information content (AvgIpc) is 3.24. The highest BCUT2D eigenvalue weighted by atomic mass is 32.2. The number of benzene rings is 1. The van der Waals surface area contributed by atoms with Gasteiger partial charge in [0, 0.05) is 5.56 Å². The van der Waals surface area contributed by atoms with Crippen LogP contribution in [0.3, 0.4) is 0 Å². The van der Waals surface area contributed by atoms with Crippen molar-refractivity contribution in [3.05, 3.63) is 64.3 Å². The summed E-state index contributed by atoms with van der Waals surface area (Å²) in [6, 6.07) is 9.67. The minimum Gasteiger partial charge on any atom is -0.497 e. The number of anilines is 2. The van der Waals surface area contributed by atoms with Gasteiger partial charge in [0.1, 0.15) is 5.75 Å². The molecule has 0 aliphatic heterocycles. The molecule has 0 aliphatic rings. The molecule has 0 spiro atoms. The van der Waals surface area contributed by atoms with Crippen molar-refractivity contribution < 1.29 is 18.7 Å². The molecule has 28 heavy (non-hydrogen) atoms. The Morgan fingerprint density at radius 2 is 2.04 bits per heavy atom. The van der Waals surface area contributed by atoms with Crippen LogP contribution in [0.1, 0.15) is 20.9 Å². The number of hydrogen-bond acceptors (Lipinski definition) is 8. The molecule has 0 saturated carbocycles. The molecule has 0 fully saturated rings. The maximum Gasteiger partial charge on any atom is 0.291 e. The van der Waals surface area contributed by atoms with Gasteiger partial charge in [-0.25, -0.2) is 4.98 Å². The maximum absolute atomic E-state index is 12.3. The molecule has 0 radical (unpaired) electrons. The molecule has 1 aromatic carbocycles. The number of aromatic amines is 1. The molecule has 3 aromatic rings. The Morgan fingerprint density at radius 3 is 2.64 bits per heavy atom. The fourth-order valence-electron chi connectivity index (χ4n) is 2.24. The summed E-state index contributed by atoms with van der Waals surface area (Å²) in [7, 11) is 1.54. The number of furan rings is 1. The summed E-state index contributed by atoms with van der Waals surface area (Å²) in [6.07, 6.45) is 1.33. The number of amides is 1. The summed E-state index contributed by atoms with van der Waals surface area (Å²) >= 11 is 1.03. The second-order valence-corrected chi connectivity index (χ2v) is 6.47. The van der Waals surface area contributed by atoms with Crippen LogP contribution in [-0.2, 0) is 0 Å². The van der Waals surface area contributed by atoms with E-state index in [1.165, 1.54) is 12.3 Å². The Morgan fingerprint density at radius 1 is 1.29 bits per heavy atom. The van der Waals surface area contributed by atoms with E-state index >= 15 is 0 Å². The summed E-state index contributed by atoms with van der Waals surface area (Å²) < 4.78 is 10.0. The summed E-state index contributed by atoms with van der Waals surface area (Å²) in [4.78, 5) is 43.0. The summed E-state index contributed by atoms with van der Waals surface area (Å²) in [5.41, 5.74) is 5.47. The molecule has 10 heteroatoms. The van der Waals surface area contributed by atoms with Crippen LogP contribution in [0.5, 0.6) is 5.75 Å². The molecule has 4 N–H and O–H groups in total. The van der Waals surface area contributed by atoms with Crippen molar-refractivity contribution in [2.75, 3.05) is 23.9 Å². The van der Waals surface area contributed by atoms with Gasteiger partial charge in [0.05, 0.1) is 19.1 Å². The second kappa shape index (κ2) is 8.44. The highest BCUT2D eigenvalue weighted by molar-refractivity contribution is 7.99. The highest BCUT2D eigenvalue weighted by Crippen LogP contribution is 2.19. The number of nitrogens with two attached hydrogens (primary N) is 1. The van der Waals surface area contributed by atoms with E-state index < -0.39 is 11.5 Å². The van der Waals surface area contributed by atoms with Crippen molar-refractivity contribution in [1.29, 1.82) is 0 Å². The van der Waals surface area contributed by atoms with Gasteiger partial charge >= 0.3 is 0 Å². The first-order valence-electron chi connectivity index (χ1n) is 8.02. The molecular formula is C18H16N4O5S. The van der Waals surface area contributed by atoms with Gasteiger partial charge in [-0.05, 0) is 36.4 Å². The van der Waals surface area contributed by atoms with Crippen molar-refractivity contribution in [2.45, 2.75) is 5.16 Å². The smallest absolute Gasteiger partial charge is 0.291 e. The van der Waals surface area contributed by atoms with Crippen molar-refractivity contribution in [3.63, 3.8) is 0 Å². The zero-order chi connectivity index (χ0) is 20.1. The largest absolute Gasteiger partial charge is 0.497 e. The number of nitrogens with one attached hydrogen (secondary N) is 2. The number of carbonyl (C=O) groups excluding carboxylic acids is 2. The van der Waals surface area contributed by atoms with Gasteiger partial charge in [-0.3, -0.25) is 19.4 Å². The van der Waals surface area contributed by atoms with E-state index in [2.05, 4.69) is 15.3 Å². The van der Waals surface area contributed by atoms with E-state index in [-0.39, 0.29) is 34.0 Å². The molecule has 0 bridgehead atoms. The topological polar surface area (TPSA) is 140 Å². The Hall–Kier alpha value is -3.53. The summed E-state index contributed by atoms with van der Waals surface area (Å²) in [5, 5.41) is 2.52. The number of methoxy groups -OCH3 is 1. The molecule has 144 valence electrons. The van der Waals surface area contributed by atoms with Crippen LogP contribution in [0.2, 0.25) is 0 Å². The van der Waals surface area contributed by atoms with E-state index in [1.54, 1.807) is 37.4 Å². The third kappa shape index (κ3) is 4.41. The molecule has 3 rings (SSSR count). The molecule has 0 aliphatic carbocycles. The van der Waals surface area contributed by atoms with E-state index in [1.807, 2.05) is 0 Å². The van der Waals surface area contributed by atoms with Crippen molar-refractivity contribution >= 4 is 35.0 Å². The van der Waals surface area contributed by atoms with Gasteiger partial charge in [-0.2, -0.15) is 0 Å². The van der Waals surface area contributed by atoms with E-state index in [9.17, 15) is 14.4 Å². The van der Waals surface area contributed by atoms with Crippen molar-refractivity contribution in [1.82, 2.24) is 9.97 Å². The summed E-state index contributed by atoms with van der Waals surface area (Å²) in [5.74, 6) is -0.212. The van der Waals surface area contributed by atoms with Crippen molar-refractivity contribution in [3.8, 4) is 5.75 Å². The van der Waals surface area contributed by atoms with Crippen LogP contribution in [0, 0.1) is 0 Å². The van der Waals surface area contributed by atoms with Crippen LogP contribution in [0.25, 0.3) is 0 Å². The van der Waals surface area contributed by atoms with Gasteiger partial charge in [0.15, 0.2) is 28.2 Å². The second-order valence-electron chi connectivity index (χ2n) is 5.50. The summed E-state index contributed by atoms with van der Waals surface area (Å²) in [6.45, 7) is 0. The van der Waals surface area contributed by atoms with Gasteiger partial charge in [0.2, 0.25) is 0 Å². The lowest BCUT2D eigenvalue weighted by atomic mass is 10.1. The number of ketones is 1. The van der Waals surface area contributed by atoms with Gasteiger partial charge in [-0.1, -0.05) is 11.8 Å².